The largest absolute Gasteiger partial charge is 0.550 e. The van der Waals surface area contributed by atoms with Gasteiger partial charge in [-0.1, -0.05) is 29.4 Å². The van der Waals surface area contributed by atoms with Crippen molar-refractivity contribution < 1.29 is 23.1 Å². The van der Waals surface area contributed by atoms with E-state index in [4.69, 9.17) is 11.6 Å². The fourth-order valence-electron chi connectivity index (χ4n) is 2.86. The Hall–Kier alpha value is -1.58. The number of carboxylic acid groups (broad SMARTS) is 1. The third-order valence-electron chi connectivity index (χ3n) is 3.92. The number of amides is 1. The fourth-order valence-corrected chi connectivity index (χ4v) is 6.98. The number of amidine groups is 1. The predicted octanol–water partition coefficient (Wildman–Crippen LogP) is 0.472. The quantitative estimate of drug-likeness (QED) is 0.721. The van der Waals surface area contributed by atoms with E-state index in [1.54, 1.807) is 29.2 Å². The molecule has 1 aromatic rings. The third kappa shape index (κ3) is 4.16. The number of aliphatic carboxylic acids is 1. The molecule has 2 aliphatic heterocycles. The van der Waals surface area contributed by atoms with Gasteiger partial charge in [0.2, 0.25) is 5.91 Å². The highest BCUT2D eigenvalue weighted by Crippen LogP contribution is 2.41. The zero-order valence-corrected chi connectivity index (χ0v) is 15.3. The number of fused-ring (bicyclic) bond motifs is 1. The van der Waals surface area contributed by atoms with E-state index in [2.05, 4.69) is 4.99 Å². The Labute approximate surface area is 154 Å². The molecule has 2 heterocycles. The molecule has 2 atom stereocenters. The number of hydrogen-bond acceptors (Lipinski definition) is 6. The van der Waals surface area contributed by atoms with Crippen LogP contribution in [0.3, 0.4) is 0 Å². The molecule has 10 heteroatoms. The number of anilines is 1. The van der Waals surface area contributed by atoms with E-state index in [1.807, 2.05) is 0 Å². The monoisotopic (exact) mass is 401 g/mol. The molecule has 2 fully saturated rings. The number of carbonyl (C=O) groups is 2. The Bertz CT molecular complexity index is 855. The molecule has 2 aliphatic rings. The highest BCUT2D eigenvalue weighted by molar-refractivity contribution is 8.16. The maximum atomic E-state index is 11.9. The maximum Gasteiger partial charge on any atom is 0.248 e. The molecule has 25 heavy (non-hydrogen) atoms. The Balaban J connectivity index is 1.92. The molecule has 0 unspecified atom stereocenters. The van der Waals surface area contributed by atoms with Crippen LogP contribution in [0.4, 0.5) is 5.69 Å². The van der Waals surface area contributed by atoms with Crippen molar-refractivity contribution >= 4 is 55.9 Å². The van der Waals surface area contributed by atoms with Crippen LogP contribution in [-0.4, -0.2) is 48.3 Å². The van der Waals surface area contributed by atoms with E-state index in [9.17, 15) is 23.1 Å². The summed E-state index contributed by atoms with van der Waals surface area (Å²) in [4.78, 5) is 28.1. The van der Waals surface area contributed by atoms with Crippen molar-refractivity contribution in [3.8, 4) is 0 Å². The summed E-state index contributed by atoms with van der Waals surface area (Å²) in [6.07, 6.45) is -0.665. The molecule has 1 aromatic carbocycles. The lowest BCUT2D eigenvalue weighted by molar-refractivity contribution is -0.305. The van der Waals surface area contributed by atoms with Crippen molar-refractivity contribution in [2.75, 3.05) is 16.4 Å². The van der Waals surface area contributed by atoms with E-state index in [-0.39, 0.29) is 29.2 Å². The molecule has 0 aliphatic carbocycles. The Morgan fingerprint density at radius 2 is 2.08 bits per heavy atom. The molecule has 2 saturated heterocycles. The molecule has 1 amide bonds. The standard InChI is InChI=1S/C15H15ClN2O5S2/c16-9-2-1-3-10(6-9)18-11-7-25(22,23)8-12(11)24-15(18)17-13(19)4-5-14(20)21/h1-3,6,11-12H,4-5,7-8H2,(H,20,21)/p-1/t11-,12+/m1/s1. The predicted molar refractivity (Wildman–Crippen MR) is 94.4 cm³/mol. The van der Waals surface area contributed by atoms with Gasteiger partial charge in [-0.3, -0.25) is 4.79 Å². The van der Waals surface area contributed by atoms with Crippen LogP contribution in [0.2, 0.25) is 5.02 Å². The molecule has 0 bridgehead atoms. The van der Waals surface area contributed by atoms with E-state index < -0.39 is 28.1 Å². The average molecular weight is 402 g/mol. The second-order valence-electron chi connectivity index (χ2n) is 5.81. The van der Waals surface area contributed by atoms with E-state index in [0.29, 0.717) is 15.9 Å². The van der Waals surface area contributed by atoms with Crippen LogP contribution in [0.5, 0.6) is 0 Å². The minimum atomic E-state index is -3.15. The summed E-state index contributed by atoms with van der Waals surface area (Å²) >= 11 is 7.25. The Morgan fingerprint density at radius 3 is 2.76 bits per heavy atom. The van der Waals surface area contributed by atoms with E-state index in [0.717, 1.165) is 0 Å². The van der Waals surface area contributed by atoms with Crippen LogP contribution >= 0.6 is 23.4 Å². The van der Waals surface area contributed by atoms with Crippen LogP contribution in [0.1, 0.15) is 12.8 Å². The van der Waals surface area contributed by atoms with Crippen molar-refractivity contribution in [2.24, 2.45) is 4.99 Å². The number of carboxylic acids is 1. The lowest BCUT2D eigenvalue weighted by Gasteiger charge is -2.24. The summed E-state index contributed by atoms with van der Waals surface area (Å²) in [5.74, 6) is -1.90. The first-order valence-corrected chi connectivity index (χ1v) is 10.6. The lowest BCUT2D eigenvalue weighted by atomic mass is 10.2. The zero-order valence-electron chi connectivity index (χ0n) is 12.9. The van der Waals surface area contributed by atoms with Crippen LogP contribution < -0.4 is 10.0 Å². The van der Waals surface area contributed by atoms with Gasteiger partial charge in [-0.15, -0.1) is 0 Å². The number of halogens is 1. The van der Waals surface area contributed by atoms with Crippen molar-refractivity contribution in [3.05, 3.63) is 29.3 Å². The number of thioether (sulfide) groups is 1. The third-order valence-corrected chi connectivity index (χ3v) is 7.36. The normalized spacial score (nSPS) is 26.0. The summed E-state index contributed by atoms with van der Waals surface area (Å²) in [7, 11) is -3.15. The van der Waals surface area contributed by atoms with Gasteiger partial charge in [0.05, 0.1) is 17.5 Å². The number of carbonyl (C=O) groups excluding carboxylic acids is 2. The molecule has 0 N–H and O–H groups in total. The van der Waals surface area contributed by atoms with E-state index >= 15 is 0 Å². The minimum absolute atomic E-state index is 0.0195. The molecule has 3 rings (SSSR count). The number of hydrogen-bond donors (Lipinski definition) is 0. The summed E-state index contributed by atoms with van der Waals surface area (Å²) in [5.41, 5.74) is 0.649. The van der Waals surface area contributed by atoms with Crippen molar-refractivity contribution in [1.82, 2.24) is 0 Å². The van der Waals surface area contributed by atoms with Gasteiger partial charge in [0.1, 0.15) is 0 Å². The second kappa shape index (κ2) is 6.97. The van der Waals surface area contributed by atoms with Gasteiger partial charge < -0.3 is 14.8 Å². The number of sulfone groups is 1. The van der Waals surface area contributed by atoms with Crippen molar-refractivity contribution in [1.29, 1.82) is 0 Å². The summed E-state index contributed by atoms with van der Waals surface area (Å²) in [6, 6.07) is 6.53. The first-order valence-electron chi connectivity index (χ1n) is 7.48. The van der Waals surface area contributed by atoms with Crippen LogP contribution in [0, 0.1) is 0 Å². The minimum Gasteiger partial charge on any atom is -0.550 e. The van der Waals surface area contributed by atoms with Crippen LogP contribution in [0.25, 0.3) is 0 Å². The number of rotatable bonds is 4. The van der Waals surface area contributed by atoms with Gasteiger partial charge in [-0.2, -0.15) is 4.99 Å². The molecule has 0 radical (unpaired) electrons. The summed E-state index contributed by atoms with van der Waals surface area (Å²) in [6.45, 7) is 0. The number of benzene rings is 1. The Morgan fingerprint density at radius 1 is 1.32 bits per heavy atom. The molecule has 0 spiro atoms. The summed E-state index contributed by atoms with van der Waals surface area (Å²) in [5, 5.41) is 11.1. The van der Waals surface area contributed by atoms with Gasteiger partial charge in [-0.05, 0) is 24.6 Å². The topological polar surface area (TPSA) is 107 Å². The highest BCUT2D eigenvalue weighted by Gasteiger charge is 2.49. The van der Waals surface area contributed by atoms with Gasteiger partial charge >= 0.3 is 0 Å². The number of aliphatic imine (C=N–C) groups is 1. The van der Waals surface area contributed by atoms with Gasteiger partial charge in [-0.25, -0.2) is 8.42 Å². The molecule has 134 valence electrons. The van der Waals surface area contributed by atoms with Gasteiger partial charge in [0, 0.05) is 28.4 Å². The molecule has 0 saturated carbocycles. The first-order chi connectivity index (χ1) is 11.7. The molecular formula is C15H14ClN2O5S2-. The Kier molecular flexibility index (Phi) is 5.08. The van der Waals surface area contributed by atoms with Crippen LogP contribution in [0.15, 0.2) is 29.3 Å². The second-order valence-corrected chi connectivity index (χ2v) is 9.61. The summed E-state index contributed by atoms with van der Waals surface area (Å²) < 4.78 is 23.9. The lowest BCUT2D eigenvalue weighted by Crippen LogP contribution is -2.37. The van der Waals surface area contributed by atoms with E-state index in [1.165, 1.54) is 11.8 Å². The van der Waals surface area contributed by atoms with Gasteiger partial charge in [0.15, 0.2) is 15.0 Å². The average Bonchev–Trinajstić information content (AvgIpc) is 2.96. The first kappa shape index (κ1) is 18.2. The van der Waals surface area contributed by atoms with Crippen molar-refractivity contribution in [3.63, 3.8) is 0 Å². The number of nitrogens with zero attached hydrogens (tertiary/aromatic N) is 2. The smallest absolute Gasteiger partial charge is 0.248 e. The SMILES string of the molecule is O=C([O-])CCC(=O)N=C1S[C@H]2CS(=O)(=O)C[C@H]2N1c1cccc(Cl)c1. The molecular weight excluding hydrogens is 388 g/mol. The highest BCUT2D eigenvalue weighted by atomic mass is 35.5. The molecule has 0 aromatic heterocycles. The van der Waals surface area contributed by atoms with Gasteiger partial charge in [0.25, 0.3) is 0 Å². The zero-order chi connectivity index (χ0) is 18.2. The molecule has 7 nitrogen and oxygen atoms in total. The maximum absolute atomic E-state index is 11.9. The van der Waals surface area contributed by atoms with Crippen LogP contribution in [-0.2, 0) is 19.4 Å². The fraction of sp³-hybridized carbons (Fsp3) is 0.400. The van der Waals surface area contributed by atoms with Crippen molar-refractivity contribution in [2.45, 2.75) is 24.1 Å².